The average molecular weight is 132 g/mol. The Balaban J connectivity index is 3.39. The van der Waals surface area contributed by atoms with E-state index in [-0.39, 0.29) is 6.67 Å². The molecule has 0 saturated heterocycles. The van der Waals surface area contributed by atoms with Gasteiger partial charge in [-0.2, -0.15) is 0 Å². The smallest absolute Gasteiger partial charge is 0.394 e. The molecule has 0 atom stereocenters. The van der Waals surface area contributed by atoms with Crippen LogP contribution in [0.25, 0.3) is 0 Å². The van der Waals surface area contributed by atoms with E-state index in [1.807, 2.05) is 0 Å². The molecule has 0 aromatic heterocycles. The zero-order chi connectivity index (χ0) is 7.28. The number of carboxylic acids is 1. The molecule has 0 aliphatic heterocycles. The second kappa shape index (κ2) is 3.85. The molecule has 9 heavy (non-hydrogen) atoms. The summed E-state index contributed by atoms with van der Waals surface area (Å²) in [7, 11) is 1.60. The molecular weight excluding hydrogens is 124 g/mol. The van der Waals surface area contributed by atoms with Crippen LogP contribution in [-0.2, 0) is 9.59 Å². The van der Waals surface area contributed by atoms with Crippen LogP contribution in [-0.4, -0.2) is 30.7 Å². The first-order chi connectivity index (χ1) is 4.18. The minimum absolute atomic E-state index is 0.172. The fraction of sp³-hybridized carbons (Fsp3) is 0.500. The maximum atomic E-state index is 10.2. The highest BCUT2D eigenvalue weighted by atomic mass is 16.4. The Labute approximate surface area is 52.1 Å². The second-order valence-electron chi connectivity index (χ2n) is 1.34. The molecule has 0 fully saturated rings. The maximum Gasteiger partial charge on any atom is 0.394 e. The molecular formula is C4H8N2O3. The van der Waals surface area contributed by atoms with Gasteiger partial charge in [-0.25, -0.2) is 4.79 Å². The van der Waals surface area contributed by atoms with Gasteiger partial charge in [0.05, 0.1) is 6.67 Å². The SMILES string of the molecule is CNCNC(=O)C(=O)O. The van der Waals surface area contributed by atoms with Gasteiger partial charge in [-0.15, -0.1) is 0 Å². The number of carbonyl (C=O) groups excluding carboxylic acids is 1. The summed E-state index contributed by atoms with van der Waals surface area (Å²) in [6.07, 6.45) is 0. The van der Waals surface area contributed by atoms with Crippen LogP contribution in [0.1, 0.15) is 0 Å². The number of amides is 1. The summed E-state index contributed by atoms with van der Waals surface area (Å²) in [4.78, 5) is 19.9. The number of carboxylic acid groups (broad SMARTS) is 1. The van der Waals surface area contributed by atoms with E-state index in [2.05, 4.69) is 10.6 Å². The van der Waals surface area contributed by atoms with Crippen LogP contribution in [0, 0.1) is 0 Å². The Bertz CT molecular complexity index is 123. The van der Waals surface area contributed by atoms with Crippen molar-refractivity contribution in [2.75, 3.05) is 13.7 Å². The van der Waals surface area contributed by atoms with Crippen LogP contribution in [0.5, 0.6) is 0 Å². The molecule has 0 heterocycles. The quantitative estimate of drug-likeness (QED) is 0.311. The fourth-order valence-corrected chi connectivity index (χ4v) is 0.244. The van der Waals surface area contributed by atoms with Crippen molar-refractivity contribution in [1.82, 2.24) is 10.6 Å². The van der Waals surface area contributed by atoms with Gasteiger partial charge in [0.1, 0.15) is 0 Å². The molecule has 0 radical (unpaired) electrons. The van der Waals surface area contributed by atoms with Crippen LogP contribution in [0.3, 0.4) is 0 Å². The Morgan fingerprint density at radius 2 is 2.11 bits per heavy atom. The van der Waals surface area contributed by atoms with Gasteiger partial charge in [0.2, 0.25) is 0 Å². The topological polar surface area (TPSA) is 78.4 Å². The molecule has 0 bridgehead atoms. The molecule has 52 valence electrons. The highest BCUT2D eigenvalue weighted by Crippen LogP contribution is 1.61. The van der Waals surface area contributed by atoms with Crippen LogP contribution in [0.2, 0.25) is 0 Å². The first kappa shape index (κ1) is 7.90. The van der Waals surface area contributed by atoms with Crippen LogP contribution < -0.4 is 10.6 Å². The van der Waals surface area contributed by atoms with E-state index in [1.165, 1.54) is 0 Å². The molecule has 0 rings (SSSR count). The molecule has 1 amide bonds. The summed E-state index contributed by atoms with van der Waals surface area (Å²) in [5.74, 6) is -2.46. The molecule has 3 N–H and O–H groups in total. The molecule has 0 aliphatic carbocycles. The normalized spacial score (nSPS) is 8.56. The van der Waals surface area contributed by atoms with Crippen LogP contribution in [0.4, 0.5) is 0 Å². The molecule has 5 nitrogen and oxygen atoms in total. The minimum Gasteiger partial charge on any atom is -0.474 e. The summed E-state index contributed by atoms with van der Waals surface area (Å²) in [5.41, 5.74) is 0. The van der Waals surface area contributed by atoms with E-state index in [1.54, 1.807) is 7.05 Å². The third kappa shape index (κ3) is 3.48. The predicted octanol–water partition coefficient (Wildman–Crippen LogP) is -1.64. The lowest BCUT2D eigenvalue weighted by Crippen LogP contribution is -2.36. The molecule has 0 aromatic rings. The molecule has 0 aromatic carbocycles. The molecule has 5 heteroatoms. The lowest BCUT2D eigenvalue weighted by molar-refractivity contribution is -0.150. The maximum absolute atomic E-state index is 10.2. The van der Waals surface area contributed by atoms with E-state index in [0.29, 0.717) is 0 Å². The monoisotopic (exact) mass is 132 g/mol. The number of nitrogens with one attached hydrogen (secondary N) is 2. The molecule has 0 saturated carbocycles. The summed E-state index contributed by atoms with van der Waals surface area (Å²) in [6, 6.07) is 0. The summed E-state index contributed by atoms with van der Waals surface area (Å²) >= 11 is 0. The number of aliphatic carboxylic acids is 1. The van der Waals surface area contributed by atoms with Crippen molar-refractivity contribution in [2.45, 2.75) is 0 Å². The van der Waals surface area contributed by atoms with E-state index < -0.39 is 11.9 Å². The molecule has 0 aliphatic rings. The molecule has 0 spiro atoms. The predicted molar refractivity (Wildman–Crippen MR) is 29.7 cm³/mol. The number of rotatable bonds is 2. The Kier molecular flexibility index (Phi) is 3.38. The Morgan fingerprint density at radius 3 is 2.44 bits per heavy atom. The van der Waals surface area contributed by atoms with Crippen molar-refractivity contribution >= 4 is 11.9 Å². The number of hydrogen-bond acceptors (Lipinski definition) is 3. The number of carbonyl (C=O) groups is 2. The Hall–Kier alpha value is -1.10. The first-order valence-corrected chi connectivity index (χ1v) is 2.34. The lowest BCUT2D eigenvalue weighted by atomic mass is 10.6. The van der Waals surface area contributed by atoms with Gasteiger partial charge in [0.15, 0.2) is 0 Å². The van der Waals surface area contributed by atoms with Crippen molar-refractivity contribution < 1.29 is 14.7 Å². The van der Waals surface area contributed by atoms with Crippen molar-refractivity contribution in [2.24, 2.45) is 0 Å². The van der Waals surface area contributed by atoms with Crippen molar-refractivity contribution in [3.05, 3.63) is 0 Å². The third-order valence-corrected chi connectivity index (χ3v) is 0.620. The van der Waals surface area contributed by atoms with Crippen molar-refractivity contribution in [1.29, 1.82) is 0 Å². The second-order valence-corrected chi connectivity index (χ2v) is 1.34. The number of hydrogen-bond donors (Lipinski definition) is 3. The highest BCUT2D eigenvalue weighted by molar-refractivity contribution is 6.31. The largest absolute Gasteiger partial charge is 0.474 e. The van der Waals surface area contributed by atoms with Gasteiger partial charge >= 0.3 is 11.9 Å². The van der Waals surface area contributed by atoms with Gasteiger partial charge < -0.3 is 15.7 Å². The zero-order valence-electron chi connectivity index (χ0n) is 4.97. The van der Waals surface area contributed by atoms with E-state index in [9.17, 15) is 9.59 Å². The average Bonchev–Trinajstić information content (AvgIpc) is 1.82. The van der Waals surface area contributed by atoms with E-state index >= 15 is 0 Å². The molecule has 0 unspecified atom stereocenters. The minimum atomic E-state index is -1.47. The lowest BCUT2D eigenvalue weighted by Gasteiger charge is -1.97. The summed E-state index contributed by atoms with van der Waals surface area (Å²) in [6.45, 7) is 0.172. The van der Waals surface area contributed by atoms with Crippen LogP contribution in [0.15, 0.2) is 0 Å². The van der Waals surface area contributed by atoms with E-state index in [0.717, 1.165) is 0 Å². The summed E-state index contributed by atoms with van der Waals surface area (Å²) < 4.78 is 0. The third-order valence-electron chi connectivity index (χ3n) is 0.620. The first-order valence-electron chi connectivity index (χ1n) is 2.34. The van der Waals surface area contributed by atoms with Gasteiger partial charge in [0.25, 0.3) is 0 Å². The van der Waals surface area contributed by atoms with Crippen molar-refractivity contribution in [3.63, 3.8) is 0 Å². The van der Waals surface area contributed by atoms with E-state index in [4.69, 9.17) is 5.11 Å². The highest BCUT2D eigenvalue weighted by Gasteiger charge is 2.07. The van der Waals surface area contributed by atoms with Gasteiger partial charge in [0, 0.05) is 0 Å². The summed E-state index contributed by atoms with van der Waals surface area (Å²) in [5, 5.41) is 12.6. The Morgan fingerprint density at radius 1 is 1.56 bits per heavy atom. The zero-order valence-corrected chi connectivity index (χ0v) is 4.97. The fourth-order valence-electron chi connectivity index (χ4n) is 0.244. The van der Waals surface area contributed by atoms with Crippen LogP contribution >= 0.6 is 0 Å². The van der Waals surface area contributed by atoms with Gasteiger partial charge in [-0.1, -0.05) is 0 Å². The van der Waals surface area contributed by atoms with Gasteiger partial charge in [-0.05, 0) is 7.05 Å². The van der Waals surface area contributed by atoms with Crippen molar-refractivity contribution in [3.8, 4) is 0 Å². The van der Waals surface area contributed by atoms with Gasteiger partial charge in [-0.3, -0.25) is 4.79 Å². The standard InChI is InChI=1S/C4H8N2O3/c1-5-2-6-3(7)4(8)9/h5H,2H2,1H3,(H,6,7)(H,8,9).